The molecule has 3 amide bonds. The zero-order chi connectivity index (χ0) is 33.2. The summed E-state index contributed by atoms with van der Waals surface area (Å²) in [6.07, 6.45) is 5.31. The van der Waals surface area contributed by atoms with Gasteiger partial charge < -0.3 is 25.1 Å². The van der Waals surface area contributed by atoms with Gasteiger partial charge >= 0.3 is 5.97 Å². The molecule has 3 atom stereocenters. The first-order valence-electron chi connectivity index (χ1n) is 15.4. The highest BCUT2D eigenvalue weighted by Gasteiger charge is 2.57. The number of ether oxygens (including phenoxy) is 1. The second-order valence-electron chi connectivity index (χ2n) is 11.2. The summed E-state index contributed by atoms with van der Waals surface area (Å²) in [6, 6.07) is 18.1. The molecule has 0 saturated carbocycles. The van der Waals surface area contributed by atoms with Crippen molar-refractivity contribution in [2.75, 3.05) is 24.2 Å². The van der Waals surface area contributed by atoms with Crippen molar-refractivity contribution in [3.05, 3.63) is 95.5 Å². The summed E-state index contributed by atoms with van der Waals surface area (Å²) in [6.45, 7) is 6.45. The Hall–Kier alpha value is -4.49. The summed E-state index contributed by atoms with van der Waals surface area (Å²) in [5.41, 5.74) is 0.623. The molecule has 2 fully saturated rings. The third-order valence-corrected chi connectivity index (χ3v) is 10.3. The first kappa shape index (κ1) is 33.9. The lowest BCUT2D eigenvalue weighted by molar-refractivity contribution is -0.162. The molecule has 1 aromatic heterocycles. The lowest BCUT2D eigenvalue weighted by atomic mass is 9.87. The number of carbonyl (C=O) groups excluding carboxylic acids is 4. The van der Waals surface area contributed by atoms with E-state index in [1.54, 1.807) is 16.4 Å². The van der Waals surface area contributed by atoms with Gasteiger partial charge in [0.2, 0.25) is 12.3 Å². The van der Waals surface area contributed by atoms with Crippen molar-refractivity contribution < 1.29 is 28.8 Å². The lowest BCUT2D eigenvalue weighted by Crippen LogP contribution is -2.73. The number of rotatable bonds is 16. The van der Waals surface area contributed by atoms with Crippen LogP contribution in [0.2, 0.25) is 0 Å². The maximum absolute atomic E-state index is 13.9. The molecule has 2 N–H and O–H groups in total. The van der Waals surface area contributed by atoms with Crippen LogP contribution in [0.4, 0.5) is 5.13 Å². The van der Waals surface area contributed by atoms with Crippen LogP contribution < -0.4 is 10.6 Å². The van der Waals surface area contributed by atoms with Crippen molar-refractivity contribution in [1.82, 2.24) is 15.2 Å². The zero-order valence-electron chi connectivity index (χ0n) is 26.0. The van der Waals surface area contributed by atoms with E-state index in [0.29, 0.717) is 23.9 Å². The molecule has 0 bridgehead atoms. The maximum atomic E-state index is 13.9. The van der Waals surface area contributed by atoms with Gasteiger partial charge in [-0.15, -0.1) is 29.7 Å². The number of hydrogen-bond donors (Lipinski definition) is 2. The third kappa shape index (κ3) is 7.74. The molecule has 2 aliphatic rings. The van der Waals surface area contributed by atoms with E-state index >= 15 is 0 Å². The maximum Gasteiger partial charge on any atom is 0.319 e. The van der Waals surface area contributed by atoms with Crippen LogP contribution in [-0.2, 0) is 28.8 Å². The fourth-order valence-electron chi connectivity index (χ4n) is 5.35. The number of anilines is 1. The van der Waals surface area contributed by atoms with Crippen molar-refractivity contribution in [1.29, 1.82) is 0 Å². The number of oxime groups is 1. The van der Waals surface area contributed by atoms with Crippen LogP contribution in [0.3, 0.4) is 0 Å². The lowest BCUT2D eigenvalue weighted by Gasteiger charge is -2.53. The van der Waals surface area contributed by atoms with Crippen LogP contribution in [0, 0.1) is 5.41 Å². The van der Waals surface area contributed by atoms with Gasteiger partial charge in [0.15, 0.2) is 16.9 Å². The summed E-state index contributed by atoms with van der Waals surface area (Å²) >= 11 is 2.51. The average Bonchev–Trinajstić information content (AvgIpc) is 3.57. The minimum absolute atomic E-state index is 0.0726. The summed E-state index contributed by atoms with van der Waals surface area (Å²) in [5, 5.41) is 10.8. The van der Waals surface area contributed by atoms with Crippen LogP contribution in [-0.4, -0.2) is 70.1 Å². The predicted molar refractivity (Wildman–Crippen MR) is 182 cm³/mol. The molecule has 3 heterocycles. The molecule has 13 heteroatoms. The number of aromatic nitrogens is 1. The number of esters is 1. The van der Waals surface area contributed by atoms with Gasteiger partial charge in [-0.25, -0.2) is 4.98 Å². The zero-order valence-corrected chi connectivity index (χ0v) is 27.6. The Labute approximate surface area is 281 Å². The van der Waals surface area contributed by atoms with Crippen molar-refractivity contribution in [3.8, 4) is 0 Å². The molecule has 11 nitrogen and oxygen atoms in total. The normalized spacial score (nSPS) is 20.5. The van der Waals surface area contributed by atoms with Gasteiger partial charge in [0.1, 0.15) is 29.1 Å². The fourth-order valence-corrected chi connectivity index (χ4v) is 7.54. The van der Waals surface area contributed by atoms with Gasteiger partial charge in [0.25, 0.3) is 5.91 Å². The number of benzene rings is 2. The number of carbonyl (C=O) groups is 4. The Morgan fingerprint density at radius 3 is 2.47 bits per heavy atom. The number of β-lactam (4-membered cyclic amide) rings is 1. The molecule has 5 rings (SSSR count). The van der Waals surface area contributed by atoms with E-state index in [-0.39, 0.29) is 23.9 Å². The summed E-state index contributed by atoms with van der Waals surface area (Å²) in [7, 11) is 0. The monoisotopic (exact) mass is 675 g/mol. The standard InChI is InChI=1S/C34H37N5O6S2/c1-3-5-6-13-18-44-38-26(25-19-46-33(36-25)35-22-40)29(41)37-27-30(42)39-20-34(4-2,21-47-31(27)39)32(43)45-28(23-14-9-7-10-15-23)24-16-11-8-12-17-24/h4,7-12,14-17,19,22,27-28,31H,2-3,5-6,13,18,20-21H2,1H3,(H,37,41)(H,35,36,40)/t27?,31-,34?/m1/s1. The summed E-state index contributed by atoms with van der Waals surface area (Å²) < 4.78 is 6.17. The molecule has 0 spiro atoms. The van der Waals surface area contributed by atoms with Crippen LogP contribution in [0.1, 0.15) is 55.5 Å². The molecule has 2 unspecified atom stereocenters. The molecular weight excluding hydrogens is 639 g/mol. The topological polar surface area (TPSA) is 139 Å². The Morgan fingerprint density at radius 1 is 1.13 bits per heavy atom. The van der Waals surface area contributed by atoms with Crippen molar-refractivity contribution >= 4 is 58.1 Å². The van der Waals surface area contributed by atoms with Crippen LogP contribution >= 0.6 is 23.1 Å². The highest BCUT2D eigenvalue weighted by atomic mass is 32.2. The Kier molecular flexibility index (Phi) is 11.4. The van der Waals surface area contributed by atoms with Gasteiger partial charge in [0, 0.05) is 17.7 Å². The molecule has 2 aliphatic heterocycles. The van der Waals surface area contributed by atoms with Crippen LogP contribution in [0.5, 0.6) is 0 Å². The Balaban J connectivity index is 1.26. The van der Waals surface area contributed by atoms with Gasteiger partial charge in [-0.2, -0.15) is 0 Å². The predicted octanol–water partition coefficient (Wildman–Crippen LogP) is 4.92. The first-order chi connectivity index (χ1) is 22.9. The smallest absolute Gasteiger partial charge is 0.319 e. The summed E-state index contributed by atoms with van der Waals surface area (Å²) in [4.78, 5) is 62.9. The quantitative estimate of drug-likeness (QED) is 0.0415. The van der Waals surface area contributed by atoms with E-state index in [1.165, 1.54) is 11.8 Å². The fraction of sp³-hybridized carbons (Fsp3) is 0.353. The van der Waals surface area contributed by atoms with Gasteiger partial charge in [-0.05, 0) is 24.0 Å². The van der Waals surface area contributed by atoms with Gasteiger partial charge in [-0.3, -0.25) is 19.2 Å². The number of unbranched alkanes of at least 4 members (excludes halogenated alkanes) is 3. The van der Waals surface area contributed by atoms with Crippen LogP contribution in [0.15, 0.2) is 83.9 Å². The summed E-state index contributed by atoms with van der Waals surface area (Å²) in [5.74, 6) is -1.14. The first-order valence-corrected chi connectivity index (χ1v) is 17.4. The number of nitrogens with zero attached hydrogens (tertiary/aromatic N) is 3. The van der Waals surface area contributed by atoms with Crippen molar-refractivity contribution in [2.45, 2.75) is 50.1 Å². The van der Waals surface area contributed by atoms with E-state index in [9.17, 15) is 19.2 Å². The Bertz CT molecular complexity index is 1560. The molecule has 0 radical (unpaired) electrons. The van der Waals surface area contributed by atoms with Crippen LogP contribution in [0.25, 0.3) is 0 Å². The molecular formula is C34H37N5O6S2. The minimum atomic E-state index is -1.14. The van der Waals surface area contributed by atoms with E-state index in [1.807, 2.05) is 60.7 Å². The number of thioether (sulfide) groups is 1. The van der Waals surface area contributed by atoms with E-state index in [2.05, 4.69) is 34.3 Å². The van der Waals surface area contributed by atoms with E-state index < -0.39 is 34.8 Å². The number of nitrogens with one attached hydrogen (secondary N) is 2. The Morgan fingerprint density at radius 2 is 1.83 bits per heavy atom. The van der Waals surface area contributed by atoms with E-state index in [0.717, 1.165) is 48.1 Å². The van der Waals surface area contributed by atoms with Crippen molar-refractivity contribution in [3.63, 3.8) is 0 Å². The average molecular weight is 676 g/mol. The number of amides is 3. The molecule has 3 aromatic rings. The third-order valence-electron chi connectivity index (χ3n) is 8.01. The molecule has 2 aromatic carbocycles. The number of thiazole rings is 1. The second-order valence-corrected chi connectivity index (χ2v) is 13.2. The molecule has 2 saturated heterocycles. The van der Waals surface area contributed by atoms with Gasteiger partial charge in [0.05, 0.1) is 0 Å². The minimum Gasteiger partial charge on any atom is -0.452 e. The number of hydrogen-bond acceptors (Lipinski definition) is 10. The van der Waals surface area contributed by atoms with E-state index in [4.69, 9.17) is 9.57 Å². The number of fused-ring (bicyclic) bond motifs is 1. The SMILES string of the molecule is C=CC1(C(=O)OC(c2ccccc2)c2ccccc2)CS[C@@H]2C(NC(=O)C(=NOCCCCCC)c3csc(NC=O)n3)C(=O)N2C1. The molecule has 246 valence electrons. The van der Waals surface area contributed by atoms with Gasteiger partial charge in [-0.1, -0.05) is 91.7 Å². The highest BCUT2D eigenvalue weighted by molar-refractivity contribution is 8.00. The van der Waals surface area contributed by atoms with Crippen molar-refractivity contribution in [2.24, 2.45) is 10.6 Å². The molecule has 47 heavy (non-hydrogen) atoms. The molecule has 0 aliphatic carbocycles. The second kappa shape index (κ2) is 15.9. The highest BCUT2D eigenvalue weighted by Crippen LogP contribution is 2.44. The largest absolute Gasteiger partial charge is 0.452 e.